The maximum Gasteiger partial charge on any atom is 0.264 e. The second kappa shape index (κ2) is 11.2. The summed E-state index contributed by atoms with van der Waals surface area (Å²) in [5, 5.41) is 2.57. The molecule has 1 saturated heterocycles. The predicted molar refractivity (Wildman–Crippen MR) is 145 cm³/mol. The van der Waals surface area contributed by atoms with Gasteiger partial charge in [-0.15, -0.1) is 0 Å². The van der Waals surface area contributed by atoms with Crippen LogP contribution in [-0.2, 0) is 4.74 Å². The number of hydrogen-bond donors (Lipinski definition) is 0. The number of ether oxygens (including phenoxy) is 3. The Bertz CT molecular complexity index is 1350. The molecule has 188 valence electrons. The van der Waals surface area contributed by atoms with Gasteiger partial charge in [-0.2, -0.15) is 0 Å². The molecule has 8 heteroatoms. The van der Waals surface area contributed by atoms with Gasteiger partial charge in [0, 0.05) is 32.2 Å². The number of carbonyl (C=O) groups is 1. The molecule has 36 heavy (non-hydrogen) atoms. The van der Waals surface area contributed by atoms with Gasteiger partial charge in [-0.25, -0.2) is 4.98 Å². The number of hydrogen-bond acceptors (Lipinski definition) is 7. The molecule has 0 saturated carbocycles. The summed E-state index contributed by atoms with van der Waals surface area (Å²) in [5.74, 6) is 1.25. The Morgan fingerprint density at radius 1 is 1.14 bits per heavy atom. The molecule has 0 N–H and O–H groups in total. The van der Waals surface area contributed by atoms with Crippen LogP contribution in [0.25, 0.3) is 21.0 Å². The monoisotopic (exact) mass is 505 g/mol. The lowest BCUT2D eigenvalue weighted by Crippen LogP contribution is -2.39. The summed E-state index contributed by atoms with van der Waals surface area (Å²) in [6.07, 6.45) is 0.833. The number of thiazole rings is 1. The van der Waals surface area contributed by atoms with E-state index >= 15 is 0 Å². The second-order valence-corrected chi connectivity index (χ2v) is 9.70. The zero-order chi connectivity index (χ0) is 24.9. The van der Waals surface area contributed by atoms with E-state index in [2.05, 4.69) is 4.90 Å². The fourth-order valence-corrected chi connectivity index (χ4v) is 5.55. The summed E-state index contributed by atoms with van der Waals surface area (Å²) >= 11 is 1.52. The van der Waals surface area contributed by atoms with Gasteiger partial charge in [0.15, 0.2) is 5.13 Å². The van der Waals surface area contributed by atoms with E-state index in [0.717, 1.165) is 66.0 Å². The molecule has 1 aromatic heterocycles. The highest BCUT2D eigenvalue weighted by Gasteiger charge is 2.26. The van der Waals surface area contributed by atoms with Crippen LogP contribution in [0, 0.1) is 0 Å². The number of methoxy groups -OCH3 is 1. The van der Waals surface area contributed by atoms with E-state index in [4.69, 9.17) is 19.2 Å². The van der Waals surface area contributed by atoms with E-state index in [1.165, 1.54) is 11.3 Å². The van der Waals surface area contributed by atoms with Crippen LogP contribution in [0.1, 0.15) is 23.7 Å². The maximum atomic E-state index is 14.3. The van der Waals surface area contributed by atoms with Crippen LogP contribution in [0.4, 0.5) is 5.13 Å². The Kier molecular flexibility index (Phi) is 7.65. The number of rotatable bonds is 9. The smallest absolute Gasteiger partial charge is 0.264 e. The van der Waals surface area contributed by atoms with Gasteiger partial charge in [-0.3, -0.25) is 14.6 Å². The third kappa shape index (κ3) is 5.16. The molecule has 0 aliphatic carbocycles. The zero-order valence-electron chi connectivity index (χ0n) is 20.7. The Morgan fingerprint density at radius 2 is 1.97 bits per heavy atom. The van der Waals surface area contributed by atoms with Gasteiger partial charge < -0.3 is 14.2 Å². The Morgan fingerprint density at radius 3 is 2.78 bits per heavy atom. The van der Waals surface area contributed by atoms with Crippen molar-refractivity contribution in [2.24, 2.45) is 0 Å². The van der Waals surface area contributed by atoms with Gasteiger partial charge in [0.1, 0.15) is 11.5 Å². The Hall–Kier alpha value is -3.20. The van der Waals surface area contributed by atoms with Crippen LogP contribution in [0.3, 0.4) is 0 Å². The number of carbonyl (C=O) groups excluding carboxylic acids is 1. The van der Waals surface area contributed by atoms with Gasteiger partial charge >= 0.3 is 0 Å². The van der Waals surface area contributed by atoms with E-state index in [1.807, 2.05) is 66.4 Å². The Balaban J connectivity index is 1.52. The number of anilines is 1. The quantitative estimate of drug-likeness (QED) is 0.311. The first kappa shape index (κ1) is 24.5. The third-order valence-corrected chi connectivity index (χ3v) is 7.48. The number of amides is 1. The van der Waals surface area contributed by atoms with Gasteiger partial charge in [0.2, 0.25) is 0 Å². The minimum Gasteiger partial charge on any atom is -0.497 e. The fraction of sp³-hybridized carbons (Fsp3) is 0.357. The van der Waals surface area contributed by atoms with Crippen LogP contribution >= 0.6 is 11.3 Å². The molecule has 7 nitrogen and oxygen atoms in total. The largest absolute Gasteiger partial charge is 0.497 e. The van der Waals surface area contributed by atoms with Gasteiger partial charge in [0.25, 0.3) is 5.91 Å². The molecule has 2 heterocycles. The summed E-state index contributed by atoms with van der Waals surface area (Å²) in [7, 11) is 1.64. The van der Waals surface area contributed by atoms with Crippen molar-refractivity contribution in [3.8, 4) is 11.5 Å². The van der Waals surface area contributed by atoms with Crippen molar-refractivity contribution in [3.63, 3.8) is 0 Å². The number of nitrogens with zero attached hydrogens (tertiary/aromatic N) is 3. The molecular weight excluding hydrogens is 474 g/mol. The molecule has 0 bridgehead atoms. The third-order valence-electron chi connectivity index (χ3n) is 6.42. The van der Waals surface area contributed by atoms with Crippen LogP contribution in [0.15, 0.2) is 54.6 Å². The molecule has 4 aromatic rings. The van der Waals surface area contributed by atoms with Crippen molar-refractivity contribution in [2.75, 3.05) is 58.0 Å². The average Bonchev–Trinajstić information content (AvgIpc) is 3.34. The van der Waals surface area contributed by atoms with Gasteiger partial charge in [-0.1, -0.05) is 41.7 Å². The lowest BCUT2D eigenvalue weighted by atomic mass is 10.0. The number of aromatic nitrogens is 1. The molecule has 0 unspecified atom stereocenters. The molecule has 3 aromatic carbocycles. The van der Waals surface area contributed by atoms with Crippen LogP contribution in [0.5, 0.6) is 11.5 Å². The number of morpholine rings is 1. The zero-order valence-corrected chi connectivity index (χ0v) is 21.6. The lowest BCUT2D eigenvalue weighted by Gasteiger charge is -2.28. The van der Waals surface area contributed by atoms with E-state index in [-0.39, 0.29) is 5.91 Å². The molecule has 1 fully saturated rings. The maximum absolute atomic E-state index is 14.3. The normalized spacial score (nSPS) is 14.3. The van der Waals surface area contributed by atoms with E-state index in [0.29, 0.717) is 29.6 Å². The van der Waals surface area contributed by atoms with Crippen molar-refractivity contribution < 1.29 is 19.0 Å². The number of benzene rings is 3. The Labute approximate surface area is 215 Å². The molecule has 0 atom stereocenters. The molecule has 0 radical (unpaired) electrons. The summed E-state index contributed by atoms with van der Waals surface area (Å²) in [6, 6.07) is 17.7. The minimum absolute atomic E-state index is 0.0942. The highest BCUT2D eigenvalue weighted by molar-refractivity contribution is 7.22. The average molecular weight is 506 g/mol. The first-order chi connectivity index (χ1) is 17.7. The predicted octanol–water partition coefficient (Wildman–Crippen LogP) is 5.23. The summed E-state index contributed by atoms with van der Waals surface area (Å²) in [6.45, 7) is 7.24. The summed E-state index contributed by atoms with van der Waals surface area (Å²) in [5.41, 5.74) is 1.40. The van der Waals surface area contributed by atoms with Gasteiger partial charge in [-0.05, 0) is 42.3 Å². The van der Waals surface area contributed by atoms with Crippen molar-refractivity contribution in [1.82, 2.24) is 9.88 Å². The van der Waals surface area contributed by atoms with Crippen molar-refractivity contribution >= 4 is 43.4 Å². The highest BCUT2D eigenvalue weighted by Crippen LogP contribution is 2.35. The fourth-order valence-electron chi connectivity index (χ4n) is 4.58. The minimum atomic E-state index is -0.0942. The van der Waals surface area contributed by atoms with Crippen LogP contribution < -0.4 is 14.4 Å². The van der Waals surface area contributed by atoms with Crippen molar-refractivity contribution in [1.29, 1.82) is 0 Å². The molecule has 5 rings (SSSR count). The van der Waals surface area contributed by atoms with E-state index in [9.17, 15) is 4.79 Å². The van der Waals surface area contributed by atoms with Crippen LogP contribution in [-0.4, -0.2) is 68.9 Å². The van der Waals surface area contributed by atoms with Crippen molar-refractivity contribution in [2.45, 2.75) is 13.3 Å². The lowest BCUT2D eigenvalue weighted by molar-refractivity contribution is 0.0376. The molecule has 1 aliphatic rings. The molecule has 1 aliphatic heterocycles. The molecule has 0 spiro atoms. The topological polar surface area (TPSA) is 64.1 Å². The standard InChI is InChI=1S/C28H31N3O4S/c1-3-35-24-11-9-20-7-4-5-8-22(20)26(24)27(32)31(14-6-13-30-15-17-34-18-16-30)28-29-23-19-21(33-2)10-12-25(23)36-28/h4-5,7-12,19H,3,6,13-18H2,1-2H3. The van der Waals surface area contributed by atoms with Gasteiger partial charge in [0.05, 0.1) is 42.7 Å². The van der Waals surface area contributed by atoms with Crippen molar-refractivity contribution in [3.05, 3.63) is 60.2 Å². The molecule has 1 amide bonds. The first-order valence-electron chi connectivity index (χ1n) is 12.4. The van der Waals surface area contributed by atoms with E-state index < -0.39 is 0 Å². The summed E-state index contributed by atoms with van der Waals surface area (Å²) < 4.78 is 17.8. The van der Waals surface area contributed by atoms with E-state index in [1.54, 1.807) is 7.11 Å². The first-order valence-corrected chi connectivity index (χ1v) is 13.2. The second-order valence-electron chi connectivity index (χ2n) is 8.69. The summed E-state index contributed by atoms with van der Waals surface area (Å²) in [4.78, 5) is 23.4. The molecular formula is C28H31N3O4S. The SMILES string of the molecule is CCOc1ccc2ccccc2c1C(=O)N(CCCN1CCOCC1)c1nc2cc(OC)ccc2s1. The highest BCUT2D eigenvalue weighted by atomic mass is 32.1. The van der Waals surface area contributed by atoms with Crippen LogP contribution in [0.2, 0.25) is 0 Å². The number of fused-ring (bicyclic) bond motifs is 2.